The molecule has 0 saturated carbocycles. The summed E-state index contributed by atoms with van der Waals surface area (Å²) in [6.45, 7) is 2.34. The predicted octanol–water partition coefficient (Wildman–Crippen LogP) is -1.48. The maximum Gasteiger partial charge on any atom is 0.268 e. The zero-order valence-corrected chi connectivity index (χ0v) is 8.08. The zero-order valence-electron chi connectivity index (χ0n) is 8.08. The van der Waals surface area contributed by atoms with Crippen molar-refractivity contribution in [3.8, 4) is 0 Å². The van der Waals surface area contributed by atoms with Crippen LogP contribution >= 0.6 is 0 Å². The normalized spacial score (nSPS) is 23.0. The Balaban J connectivity index is 2.43. The van der Waals surface area contributed by atoms with Crippen LogP contribution in [0.1, 0.15) is 13.3 Å². The molecule has 6 nitrogen and oxygen atoms in total. The highest BCUT2D eigenvalue weighted by Gasteiger charge is 2.28. The Morgan fingerprint density at radius 3 is 3.00 bits per heavy atom. The molecule has 0 aromatic rings. The number of nitrogens with one attached hydrogen (secondary N) is 2. The van der Waals surface area contributed by atoms with E-state index in [1.165, 1.54) is 0 Å². The average Bonchev–Trinajstić information content (AvgIpc) is 2.54. The van der Waals surface area contributed by atoms with Gasteiger partial charge in [0.05, 0.1) is 0 Å². The highest BCUT2D eigenvalue weighted by molar-refractivity contribution is 5.89. The molecule has 1 unspecified atom stereocenters. The number of hydrogen-bond acceptors (Lipinski definition) is 4. The summed E-state index contributed by atoms with van der Waals surface area (Å²) in [6.07, 6.45) is 0.664. The molecule has 1 heterocycles. The maximum atomic E-state index is 11.5. The molecule has 0 radical (unpaired) electrons. The molecule has 1 aliphatic rings. The fraction of sp³-hybridized carbons (Fsp3) is 0.750. The number of carbonyl (C=O) groups excluding carboxylic acids is 2. The lowest BCUT2D eigenvalue weighted by Crippen LogP contribution is -2.45. The lowest BCUT2D eigenvalue weighted by Gasteiger charge is -2.14. The molecule has 2 atom stereocenters. The second-order valence-electron chi connectivity index (χ2n) is 3.18. The third kappa shape index (κ3) is 2.43. The first-order valence-electron chi connectivity index (χ1n) is 4.61. The SMILES string of the molecule is CCC(CN)C(=O)N[C@@H]1CONC1=O. The van der Waals surface area contributed by atoms with Gasteiger partial charge in [-0.1, -0.05) is 6.92 Å². The standard InChI is InChI=1S/C8H15N3O3/c1-2-5(3-9)7(12)10-6-4-14-11-8(6)13/h5-6H,2-4,9H2,1H3,(H,10,12)(H,11,13)/t5?,6-/m1/s1. The molecule has 0 bridgehead atoms. The molecule has 1 saturated heterocycles. The lowest BCUT2D eigenvalue weighted by atomic mass is 10.1. The van der Waals surface area contributed by atoms with Crippen molar-refractivity contribution in [1.82, 2.24) is 10.8 Å². The number of rotatable bonds is 4. The van der Waals surface area contributed by atoms with Crippen LogP contribution in [0.2, 0.25) is 0 Å². The van der Waals surface area contributed by atoms with E-state index in [-0.39, 0.29) is 30.9 Å². The third-order valence-corrected chi connectivity index (χ3v) is 2.20. The molecule has 1 rings (SSSR count). The number of carbonyl (C=O) groups is 2. The highest BCUT2D eigenvalue weighted by Crippen LogP contribution is 2.02. The first-order chi connectivity index (χ1) is 6.69. The van der Waals surface area contributed by atoms with Crippen molar-refractivity contribution in [2.75, 3.05) is 13.2 Å². The zero-order chi connectivity index (χ0) is 10.6. The van der Waals surface area contributed by atoms with Crippen molar-refractivity contribution in [3.05, 3.63) is 0 Å². The summed E-state index contributed by atoms with van der Waals surface area (Å²) >= 11 is 0. The third-order valence-electron chi connectivity index (χ3n) is 2.20. The van der Waals surface area contributed by atoms with E-state index in [4.69, 9.17) is 5.73 Å². The van der Waals surface area contributed by atoms with Gasteiger partial charge in [-0.05, 0) is 6.42 Å². The number of amides is 2. The molecule has 6 heteroatoms. The van der Waals surface area contributed by atoms with Gasteiger partial charge in [0.1, 0.15) is 12.6 Å². The van der Waals surface area contributed by atoms with Gasteiger partial charge in [0.25, 0.3) is 5.91 Å². The van der Waals surface area contributed by atoms with Crippen LogP contribution in [0.4, 0.5) is 0 Å². The molecule has 2 amide bonds. The van der Waals surface area contributed by atoms with E-state index in [2.05, 4.69) is 15.6 Å². The summed E-state index contributed by atoms with van der Waals surface area (Å²) in [4.78, 5) is 27.2. The van der Waals surface area contributed by atoms with Crippen LogP contribution in [0.15, 0.2) is 0 Å². The molecular formula is C8H15N3O3. The molecule has 4 N–H and O–H groups in total. The van der Waals surface area contributed by atoms with E-state index in [0.29, 0.717) is 6.42 Å². The number of hydrogen-bond donors (Lipinski definition) is 3. The van der Waals surface area contributed by atoms with Crippen LogP contribution < -0.4 is 16.5 Å². The summed E-state index contributed by atoms with van der Waals surface area (Å²) in [6, 6.07) is -0.580. The van der Waals surface area contributed by atoms with Crippen LogP contribution in [0.25, 0.3) is 0 Å². The molecule has 0 aliphatic carbocycles. The van der Waals surface area contributed by atoms with Crippen molar-refractivity contribution in [2.24, 2.45) is 11.7 Å². The van der Waals surface area contributed by atoms with E-state index in [1.807, 2.05) is 6.92 Å². The van der Waals surface area contributed by atoms with Crippen molar-refractivity contribution in [1.29, 1.82) is 0 Å². The van der Waals surface area contributed by atoms with Gasteiger partial charge in [0.15, 0.2) is 0 Å². The summed E-state index contributed by atoms with van der Waals surface area (Å²) in [7, 11) is 0. The van der Waals surface area contributed by atoms with Gasteiger partial charge in [-0.25, -0.2) is 5.48 Å². The summed E-state index contributed by atoms with van der Waals surface area (Å²) in [5.74, 6) is -0.741. The van der Waals surface area contributed by atoms with Gasteiger partial charge in [0.2, 0.25) is 5.91 Å². The molecule has 0 spiro atoms. The second kappa shape index (κ2) is 4.92. The van der Waals surface area contributed by atoms with Gasteiger partial charge in [-0.2, -0.15) is 0 Å². The van der Waals surface area contributed by atoms with E-state index < -0.39 is 6.04 Å². The van der Waals surface area contributed by atoms with Crippen molar-refractivity contribution >= 4 is 11.8 Å². The summed E-state index contributed by atoms with van der Waals surface area (Å²) in [5, 5.41) is 2.57. The minimum Gasteiger partial charge on any atom is -0.342 e. The monoisotopic (exact) mass is 201 g/mol. The Bertz CT molecular complexity index is 228. The fourth-order valence-corrected chi connectivity index (χ4v) is 1.20. The Hall–Kier alpha value is -1.14. The molecule has 0 aromatic heterocycles. The quantitative estimate of drug-likeness (QED) is 0.517. The van der Waals surface area contributed by atoms with Crippen molar-refractivity contribution in [3.63, 3.8) is 0 Å². The number of nitrogens with two attached hydrogens (primary N) is 1. The largest absolute Gasteiger partial charge is 0.342 e. The molecule has 0 aromatic carbocycles. The Labute approximate surface area is 82.1 Å². The van der Waals surface area contributed by atoms with E-state index in [9.17, 15) is 9.59 Å². The topological polar surface area (TPSA) is 93.5 Å². The van der Waals surface area contributed by atoms with Crippen molar-refractivity contribution in [2.45, 2.75) is 19.4 Å². The molecule has 14 heavy (non-hydrogen) atoms. The van der Waals surface area contributed by atoms with E-state index >= 15 is 0 Å². The first kappa shape index (κ1) is 10.9. The van der Waals surface area contributed by atoms with Gasteiger partial charge in [-0.15, -0.1) is 0 Å². The minimum absolute atomic E-state index is 0.172. The fourth-order valence-electron chi connectivity index (χ4n) is 1.20. The lowest BCUT2D eigenvalue weighted by molar-refractivity contribution is -0.130. The van der Waals surface area contributed by atoms with Crippen LogP contribution in [0.5, 0.6) is 0 Å². The van der Waals surface area contributed by atoms with Gasteiger partial charge in [0, 0.05) is 12.5 Å². The smallest absolute Gasteiger partial charge is 0.268 e. The summed E-state index contributed by atoms with van der Waals surface area (Å²) in [5.41, 5.74) is 7.57. The van der Waals surface area contributed by atoms with Crippen LogP contribution in [0, 0.1) is 5.92 Å². The predicted molar refractivity (Wildman–Crippen MR) is 48.9 cm³/mol. The van der Waals surface area contributed by atoms with E-state index in [1.54, 1.807) is 0 Å². The van der Waals surface area contributed by atoms with Crippen LogP contribution in [-0.2, 0) is 14.4 Å². The van der Waals surface area contributed by atoms with Crippen LogP contribution in [0.3, 0.4) is 0 Å². The van der Waals surface area contributed by atoms with Crippen molar-refractivity contribution < 1.29 is 14.4 Å². The molecule has 1 fully saturated rings. The summed E-state index contributed by atoms with van der Waals surface area (Å²) < 4.78 is 0. The average molecular weight is 201 g/mol. The Morgan fingerprint density at radius 2 is 2.57 bits per heavy atom. The molecular weight excluding hydrogens is 186 g/mol. The Morgan fingerprint density at radius 1 is 1.86 bits per heavy atom. The highest BCUT2D eigenvalue weighted by atomic mass is 16.7. The van der Waals surface area contributed by atoms with Gasteiger partial charge >= 0.3 is 0 Å². The van der Waals surface area contributed by atoms with Crippen LogP contribution in [-0.4, -0.2) is 31.0 Å². The molecule has 1 aliphatic heterocycles. The number of hydroxylamine groups is 1. The maximum absolute atomic E-state index is 11.5. The minimum atomic E-state index is -0.580. The van der Waals surface area contributed by atoms with E-state index in [0.717, 1.165) is 0 Å². The van der Waals surface area contributed by atoms with Gasteiger partial charge < -0.3 is 11.1 Å². The van der Waals surface area contributed by atoms with Gasteiger partial charge in [-0.3, -0.25) is 14.4 Å². The molecule has 80 valence electrons. The first-order valence-corrected chi connectivity index (χ1v) is 4.61. The second-order valence-corrected chi connectivity index (χ2v) is 3.18. The Kier molecular flexibility index (Phi) is 3.84.